The van der Waals surface area contributed by atoms with E-state index in [0.29, 0.717) is 5.41 Å². The van der Waals surface area contributed by atoms with E-state index >= 15 is 0 Å². The molecule has 1 N–H and O–H groups in total. The van der Waals surface area contributed by atoms with Gasteiger partial charge in [0.25, 0.3) is 5.56 Å². The summed E-state index contributed by atoms with van der Waals surface area (Å²) < 4.78 is 1.90. The molecule has 2 aliphatic carbocycles. The van der Waals surface area contributed by atoms with Crippen molar-refractivity contribution in [3.8, 4) is 0 Å². The van der Waals surface area contributed by atoms with Crippen LogP contribution in [0.3, 0.4) is 0 Å². The zero-order valence-electron chi connectivity index (χ0n) is 20.6. The molecule has 5 nitrogen and oxygen atoms in total. The molecule has 3 aliphatic rings. The molecular formula is C28H32ClN4OSW-. The Bertz CT molecular complexity index is 1310. The van der Waals surface area contributed by atoms with E-state index < -0.39 is 0 Å². The van der Waals surface area contributed by atoms with E-state index in [1.807, 2.05) is 28.6 Å². The van der Waals surface area contributed by atoms with Gasteiger partial charge in [0.15, 0.2) is 0 Å². The van der Waals surface area contributed by atoms with Crippen molar-refractivity contribution in [2.45, 2.75) is 74.5 Å². The molecule has 1 aliphatic heterocycles. The molecular weight excluding hydrogens is 660 g/mol. The normalized spacial score (nSPS) is 19.8. The van der Waals surface area contributed by atoms with Crippen LogP contribution in [0.5, 0.6) is 0 Å². The van der Waals surface area contributed by atoms with Crippen LogP contribution in [0.2, 0.25) is 5.02 Å². The predicted octanol–water partition coefficient (Wildman–Crippen LogP) is 7.62. The number of anilines is 2. The molecule has 0 unspecified atom stereocenters. The molecule has 1 aromatic carbocycles. The van der Waals surface area contributed by atoms with Crippen LogP contribution < -0.4 is 10.9 Å². The summed E-state index contributed by atoms with van der Waals surface area (Å²) in [5.41, 5.74) is 3.64. The van der Waals surface area contributed by atoms with Gasteiger partial charge in [0.1, 0.15) is 10.8 Å². The van der Waals surface area contributed by atoms with Gasteiger partial charge in [-0.3, -0.25) is 4.79 Å². The molecule has 36 heavy (non-hydrogen) atoms. The van der Waals surface area contributed by atoms with Crippen molar-refractivity contribution in [1.82, 2.24) is 9.55 Å². The number of benzene rings is 1. The number of halogens is 1. The predicted molar refractivity (Wildman–Crippen MR) is 147 cm³/mol. The second kappa shape index (κ2) is 10.8. The van der Waals surface area contributed by atoms with E-state index in [9.17, 15) is 4.79 Å². The third-order valence-corrected chi connectivity index (χ3v) is 9.72. The number of aryl methyl sites for hydroxylation is 1. The minimum Gasteiger partial charge on any atom is -0.662 e. The largest absolute Gasteiger partial charge is 0.662 e. The Morgan fingerprint density at radius 3 is 2.61 bits per heavy atom. The number of pyridine rings is 2. The quantitative estimate of drug-likeness (QED) is 0.299. The number of aromatic nitrogens is 2. The summed E-state index contributed by atoms with van der Waals surface area (Å²) in [5, 5.41) is 9.92. The van der Waals surface area contributed by atoms with Crippen LogP contribution >= 0.6 is 23.4 Å². The summed E-state index contributed by atoms with van der Waals surface area (Å²) in [6.45, 7) is 4.26. The fourth-order valence-corrected chi connectivity index (χ4v) is 8.10. The number of thioether (sulfide) groups is 1. The summed E-state index contributed by atoms with van der Waals surface area (Å²) in [5.74, 6) is 0.748. The van der Waals surface area contributed by atoms with Gasteiger partial charge in [0.2, 0.25) is 0 Å². The fraction of sp³-hybridized carbons (Fsp3) is 0.500. The van der Waals surface area contributed by atoms with E-state index in [2.05, 4.69) is 40.7 Å². The topological polar surface area (TPSA) is 61.0 Å². The first-order valence-corrected chi connectivity index (χ1v) is 14.1. The fourth-order valence-electron chi connectivity index (χ4n) is 6.24. The number of rotatable bonds is 5. The number of hydrogen-bond donors (Lipinski definition) is 1. The average molecular weight is 692 g/mol. The summed E-state index contributed by atoms with van der Waals surface area (Å²) in [6, 6.07) is 10.6. The van der Waals surface area contributed by atoms with Crippen molar-refractivity contribution in [2.75, 3.05) is 18.4 Å². The van der Waals surface area contributed by atoms with E-state index in [0.717, 1.165) is 66.4 Å². The monoisotopic (exact) mass is 691 g/mol. The first-order valence-electron chi connectivity index (χ1n) is 12.9. The van der Waals surface area contributed by atoms with Crippen LogP contribution in [0.25, 0.3) is 16.2 Å². The van der Waals surface area contributed by atoms with Gasteiger partial charge in [-0.25, -0.2) is 4.98 Å². The summed E-state index contributed by atoms with van der Waals surface area (Å²) in [7, 11) is 0. The number of fused-ring (bicyclic) bond motifs is 1. The van der Waals surface area contributed by atoms with Crippen molar-refractivity contribution in [3.05, 3.63) is 62.8 Å². The van der Waals surface area contributed by atoms with Gasteiger partial charge in [0.05, 0.1) is 5.52 Å². The maximum Gasteiger partial charge on any atom is 0.270 e. The molecule has 2 saturated carbocycles. The minimum absolute atomic E-state index is 0. The molecule has 0 amide bonds. The Morgan fingerprint density at radius 2 is 1.89 bits per heavy atom. The molecule has 3 heterocycles. The zero-order chi connectivity index (χ0) is 24.0. The molecule has 1 spiro atoms. The van der Waals surface area contributed by atoms with Gasteiger partial charge in [-0.05, 0) is 67.9 Å². The Morgan fingerprint density at radius 1 is 1.14 bits per heavy atom. The second-order valence-electron chi connectivity index (χ2n) is 10.7. The number of piperidine rings is 1. The van der Waals surface area contributed by atoms with Crippen molar-refractivity contribution in [1.29, 1.82) is 0 Å². The van der Waals surface area contributed by atoms with Gasteiger partial charge in [-0.15, -0.1) is 24.9 Å². The molecule has 0 bridgehead atoms. The first-order chi connectivity index (χ1) is 17.0. The average Bonchev–Trinajstić information content (AvgIpc) is 3.36. The molecule has 6 rings (SSSR count). The van der Waals surface area contributed by atoms with Crippen molar-refractivity contribution in [2.24, 2.45) is 5.41 Å². The van der Waals surface area contributed by atoms with Crippen LogP contribution in [-0.4, -0.2) is 27.9 Å². The molecule has 1 saturated heterocycles. The Labute approximate surface area is 236 Å². The van der Waals surface area contributed by atoms with Gasteiger partial charge < -0.3 is 15.2 Å². The van der Waals surface area contributed by atoms with E-state index in [-0.39, 0.29) is 37.7 Å². The molecule has 0 radical (unpaired) electrons. The smallest absolute Gasteiger partial charge is 0.270 e. The van der Waals surface area contributed by atoms with Crippen LogP contribution in [0.15, 0.2) is 46.2 Å². The maximum absolute atomic E-state index is 12.9. The first kappa shape index (κ1) is 26.3. The zero-order valence-corrected chi connectivity index (χ0v) is 25.1. The third kappa shape index (κ3) is 5.16. The van der Waals surface area contributed by atoms with Crippen LogP contribution in [0, 0.1) is 12.3 Å². The molecule has 8 heteroatoms. The Kier molecular flexibility index (Phi) is 7.89. The second-order valence-corrected chi connectivity index (χ2v) is 12.4. The number of hydrogen-bond acceptors (Lipinski definition) is 4. The van der Waals surface area contributed by atoms with Crippen molar-refractivity contribution < 1.29 is 21.1 Å². The molecule has 190 valence electrons. The van der Waals surface area contributed by atoms with Gasteiger partial charge >= 0.3 is 0 Å². The summed E-state index contributed by atoms with van der Waals surface area (Å²) in [6.07, 6.45) is 11.4. The molecule has 0 atom stereocenters. The van der Waals surface area contributed by atoms with Crippen molar-refractivity contribution in [3.63, 3.8) is 0 Å². The standard InChI is InChI=1S/C28H32ClN4OS.W/c1-18-12-21(35-22-15-28(16-22)8-10-30-11-9-28)6-7-24(18)32-26-14-25-19(17-31-26)13-23(29)27(34)33(25)20-4-2-3-5-20;/h6-7,12-14,17,20,22H,2-5,8-11,15-16H2,1H3,(H,31,32);/q-1;. The van der Waals surface area contributed by atoms with E-state index in [4.69, 9.17) is 11.6 Å². The van der Waals surface area contributed by atoms with Gasteiger partial charge in [0, 0.05) is 60.6 Å². The van der Waals surface area contributed by atoms with Crippen LogP contribution in [-0.2, 0) is 21.1 Å². The maximum atomic E-state index is 12.9. The Hall–Kier alpha value is -1.33. The molecule has 3 aromatic rings. The summed E-state index contributed by atoms with van der Waals surface area (Å²) >= 11 is 8.31. The van der Waals surface area contributed by atoms with E-state index in [1.54, 1.807) is 6.07 Å². The molecule has 2 aromatic heterocycles. The SMILES string of the molecule is Cc1cc(SC2CC3(CC[N-]CC3)C2)ccc1Nc1cc2c(cn1)cc(Cl)c(=O)n2C1CCCC1.[W]. The van der Waals surface area contributed by atoms with Gasteiger partial charge in [-0.1, -0.05) is 37.3 Å². The summed E-state index contributed by atoms with van der Waals surface area (Å²) in [4.78, 5) is 18.9. The number of nitrogens with zero attached hydrogens (tertiary/aromatic N) is 3. The third-order valence-electron chi connectivity index (χ3n) is 8.25. The van der Waals surface area contributed by atoms with E-state index in [1.165, 1.54) is 36.1 Å². The number of nitrogens with one attached hydrogen (secondary N) is 1. The minimum atomic E-state index is -0.0961. The van der Waals surface area contributed by atoms with Gasteiger partial charge in [-0.2, -0.15) is 0 Å². The van der Waals surface area contributed by atoms with Crippen molar-refractivity contribution >= 4 is 45.8 Å². The Balaban J connectivity index is 0.00000267. The molecule has 3 fully saturated rings. The van der Waals surface area contributed by atoms with Crippen LogP contribution in [0.1, 0.15) is 63.0 Å². The van der Waals surface area contributed by atoms with Crippen LogP contribution in [0.4, 0.5) is 11.5 Å².